The van der Waals surface area contributed by atoms with Crippen LogP contribution >= 0.6 is 11.6 Å². The van der Waals surface area contributed by atoms with Crippen LogP contribution in [0.2, 0.25) is 5.02 Å². The van der Waals surface area contributed by atoms with Crippen LogP contribution in [0.25, 0.3) is 0 Å². The average Bonchev–Trinajstić information content (AvgIpc) is 2.88. The number of hydrogen-bond acceptors (Lipinski definition) is 5. The number of halogens is 1. The lowest BCUT2D eigenvalue weighted by Gasteiger charge is -2.31. The standard InChI is InChI=1S/C16H16ClN5O/c1-11(23)22-16(18,9-12-4-6-14(17)7-5-12)20-15(21-22)13-3-2-8-19-10-13/h2-8,10H,9,18H2,1H3,(H,20,21). The van der Waals surface area contributed by atoms with Crippen molar-refractivity contribution < 1.29 is 4.79 Å². The number of aliphatic imine (C=N–C) groups is 1. The molecule has 2 aromatic rings. The molecule has 0 spiro atoms. The molecule has 0 radical (unpaired) electrons. The van der Waals surface area contributed by atoms with E-state index >= 15 is 0 Å². The van der Waals surface area contributed by atoms with Crippen molar-refractivity contribution in [1.82, 2.24) is 15.4 Å². The topological polar surface area (TPSA) is 83.6 Å². The van der Waals surface area contributed by atoms with Crippen molar-refractivity contribution in [3.05, 3.63) is 64.9 Å². The van der Waals surface area contributed by atoms with Crippen LogP contribution in [-0.4, -0.2) is 27.5 Å². The Balaban J connectivity index is 1.94. The number of pyridine rings is 1. The maximum absolute atomic E-state index is 12.0. The Kier molecular flexibility index (Phi) is 4.02. The second-order valence-corrected chi connectivity index (χ2v) is 5.79. The van der Waals surface area contributed by atoms with E-state index in [2.05, 4.69) is 15.4 Å². The van der Waals surface area contributed by atoms with Crippen LogP contribution < -0.4 is 11.2 Å². The molecule has 0 aliphatic carbocycles. The van der Waals surface area contributed by atoms with E-state index in [4.69, 9.17) is 17.3 Å². The maximum atomic E-state index is 12.0. The number of nitrogens with one attached hydrogen (secondary N) is 1. The summed E-state index contributed by atoms with van der Waals surface area (Å²) in [5.41, 5.74) is 11.1. The molecular formula is C16H16ClN5O. The van der Waals surface area contributed by atoms with Crippen molar-refractivity contribution in [1.29, 1.82) is 0 Å². The quantitative estimate of drug-likeness (QED) is 0.897. The Labute approximate surface area is 139 Å². The van der Waals surface area contributed by atoms with Gasteiger partial charge in [-0.05, 0) is 29.8 Å². The molecule has 1 aromatic heterocycles. The molecule has 7 heteroatoms. The van der Waals surface area contributed by atoms with Crippen LogP contribution in [0, 0.1) is 0 Å². The first kappa shape index (κ1) is 15.5. The number of amides is 1. The molecule has 1 amide bonds. The van der Waals surface area contributed by atoms with Gasteiger partial charge in [0.05, 0.1) is 0 Å². The van der Waals surface area contributed by atoms with Gasteiger partial charge in [-0.2, -0.15) is 0 Å². The number of benzene rings is 1. The summed E-state index contributed by atoms with van der Waals surface area (Å²) in [6, 6.07) is 11.0. The third-order valence-corrected chi connectivity index (χ3v) is 3.79. The molecule has 1 unspecified atom stereocenters. The van der Waals surface area contributed by atoms with Crippen molar-refractivity contribution in [3.8, 4) is 0 Å². The molecule has 1 aromatic carbocycles. The second kappa shape index (κ2) is 5.98. The zero-order valence-electron chi connectivity index (χ0n) is 12.5. The molecule has 0 saturated heterocycles. The lowest BCUT2D eigenvalue weighted by Crippen LogP contribution is -2.59. The highest BCUT2D eigenvalue weighted by molar-refractivity contribution is 6.30. The Morgan fingerprint density at radius 3 is 2.70 bits per heavy atom. The second-order valence-electron chi connectivity index (χ2n) is 5.35. The highest BCUT2D eigenvalue weighted by Crippen LogP contribution is 2.23. The molecule has 0 fully saturated rings. The number of amidine groups is 1. The first-order chi connectivity index (χ1) is 11.0. The molecule has 3 rings (SSSR count). The average molecular weight is 330 g/mol. The molecule has 0 saturated carbocycles. The van der Waals surface area contributed by atoms with Crippen molar-refractivity contribution in [2.24, 2.45) is 10.7 Å². The number of carbonyl (C=O) groups excluding carboxylic acids is 1. The molecule has 118 valence electrons. The molecule has 1 aliphatic heterocycles. The van der Waals surface area contributed by atoms with E-state index < -0.39 is 5.79 Å². The number of nitrogens with zero attached hydrogens (tertiary/aromatic N) is 3. The lowest BCUT2D eigenvalue weighted by atomic mass is 10.1. The highest BCUT2D eigenvalue weighted by Gasteiger charge is 2.41. The van der Waals surface area contributed by atoms with Gasteiger partial charge in [-0.3, -0.25) is 20.9 Å². The summed E-state index contributed by atoms with van der Waals surface area (Å²) in [5, 5.41) is 1.98. The van der Waals surface area contributed by atoms with Gasteiger partial charge in [-0.25, -0.2) is 10.0 Å². The van der Waals surface area contributed by atoms with Crippen LogP contribution in [0.15, 0.2) is 53.8 Å². The summed E-state index contributed by atoms with van der Waals surface area (Å²) < 4.78 is 0. The first-order valence-corrected chi connectivity index (χ1v) is 7.47. The fourth-order valence-corrected chi connectivity index (χ4v) is 2.60. The minimum absolute atomic E-state index is 0.218. The molecule has 1 atom stereocenters. The zero-order valence-corrected chi connectivity index (χ0v) is 13.3. The molecule has 23 heavy (non-hydrogen) atoms. The summed E-state index contributed by atoms with van der Waals surface area (Å²) >= 11 is 5.90. The van der Waals surface area contributed by atoms with E-state index in [1.807, 2.05) is 18.2 Å². The third-order valence-electron chi connectivity index (χ3n) is 3.54. The fourth-order valence-electron chi connectivity index (χ4n) is 2.48. The SMILES string of the molecule is CC(=O)N1NC(c2cccnc2)=NC1(N)Cc1ccc(Cl)cc1. The van der Waals surface area contributed by atoms with Crippen molar-refractivity contribution in [2.45, 2.75) is 19.1 Å². The zero-order chi connectivity index (χ0) is 16.4. The van der Waals surface area contributed by atoms with E-state index in [0.717, 1.165) is 11.1 Å². The number of hydrazine groups is 1. The van der Waals surface area contributed by atoms with Crippen LogP contribution in [-0.2, 0) is 11.2 Å². The van der Waals surface area contributed by atoms with E-state index in [9.17, 15) is 4.79 Å². The fraction of sp³-hybridized carbons (Fsp3) is 0.188. The van der Waals surface area contributed by atoms with Crippen molar-refractivity contribution in [3.63, 3.8) is 0 Å². The van der Waals surface area contributed by atoms with Gasteiger partial charge in [-0.15, -0.1) is 0 Å². The number of aromatic nitrogens is 1. The Hall–Kier alpha value is -2.44. The smallest absolute Gasteiger partial charge is 0.241 e. The normalized spacial score (nSPS) is 20.1. The Morgan fingerprint density at radius 2 is 2.09 bits per heavy atom. The number of rotatable bonds is 3. The van der Waals surface area contributed by atoms with Gasteiger partial charge in [0.1, 0.15) is 0 Å². The molecule has 3 N–H and O–H groups in total. The molecule has 0 bridgehead atoms. The first-order valence-electron chi connectivity index (χ1n) is 7.09. The number of nitrogens with two attached hydrogens (primary N) is 1. The molecular weight excluding hydrogens is 314 g/mol. The summed E-state index contributed by atoms with van der Waals surface area (Å²) in [6.45, 7) is 1.44. The number of hydrogen-bond donors (Lipinski definition) is 2. The van der Waals surface area contributed by atoms with Gasteiger partial charge in [-0.1, -0.05) is 23.7 Å². The number of carbonyl (C=O) groups is 1. The highest BCUT2D eigenvalue weighted by atomic mass is 35.5. The van der Waals surface area contributed by atoms with Gasteiger partial charge < -0.3 is 0 Å². The van der Waals surface area contributed by atoms with Crippen molar-refractivity contribution in [2.75, 3.05) is 0 Å². The van der Waals surface area contributed by atoms with E-state index in [-0.39, 0.29) is 5.91 Å². The monoisotopic (exact) mass is 329 g/mol. The summed E-state index contributed by atoms with van der Waals surface area (Å²) in [5.74, 6) is -0.904. The predicted molar refractivity (Wildman–Crippen MR) is 88.5 cm³/mol. The molecule has 6 nitrogen and oxygen atoms in total. The minimum atomic E-state index is -1.20. The van der Waals surface area contributed by atoms with E-state index in [0.29, 0.717) is 17.3 Å². The van der Waals surface area contributed by atoms with Crippen LogP contribution in [0.3, 0.4) is 0 Å². The summed E-state index contributed by atoms with van der Waals surface area (Å²) in [6.07, 6.45) is 3.70. The molecule has 2 heterocycles. The third kappa shape index (κ3) is 3.18. The van der Waals surface area contributed by atoms with Gasteiger partial charge in [0.25, 0.3) is 0 Å². The van der Waals surface area contributed by atoms with Gasteiger partial charge in [0.2, 0.25) is 11.7 Å². The van der Waals surface area contributed by atoms with E-state index in [1.54, 1.807) is 30.6 Å². The summed E-state index contributed by atoms with van der Waals surface area (Å²) in [7, 11) is 0. The van der Waals surface area contributed by atoms with Crippen molar-refractivity contribution >= 4 is 23.3 Å². The molecule has 1 aliphatic rings. The van der Waals surface area contributed by atoms with Gasteiger partial charge in [0, 0.05) is 36.3 Å². The largest absolute Gasteiger partial charge is 0.288 e. The Bertz CT molecular complexity index is 747. The van der Waals surface area contributed by atoms with E-state index in [1.165, 1.54) is 11.9 Å². The predicted octanol–water partition coefficient (Wildman–Crippen LogP) is 1.70. The van der Waals surface area contributed by atoms with Crippen LogP contribution in [0.5, 0.6) is 0 Å². The Morgan fingerprint density at radius 1 is 1.35 bits per heavy atom. The lowest BCUT2D eigenvalue weighted by molar-refractivity contribution is -0.136. The van der Waals surface area contributed by atoms with Gasteiger partial charge >= 0.3 is 0 Å². The van der Waals surface area contributed by atoms with Crippen LogP contribution in [0.1, 0.15) is 18.1 Å². The minimum Gasteiger partial charge on any atom is -0.288 e. The van der Waals surface area contributed by atoms with Crippen LogP contribution in [0.4, 0.5) is 0 Å². The maximum Gasteiger partial charge on any atom is 0.241 e. The summed E-state index contributed by atoms with van der Waals surface area (Å²) in [4.78, 5) is 20.5. The van der Waals surface area contributed by atoms with Gasteiger partial charge in [0.15, 0.2) is 5.84 Å².